The maximum atomic E-state index is 5.50. The van der Waals surface area contributed by atoms with Gasteiger partial charge in [-0.3, -0.25) is 0 Å². The average Bonchev–Trinajstić information content (AvgIpc) is 2.81. The molecule has 1 fully saturated rings. The zero-order valence-electron chi connectivity index (χ0n) is 10.4. The molecule has 14 heavy (non-hydrogen) atoms. The quantitative estimate of drug-likeness (QED) is 0.636. The van der Waals surface area contributed by atoms with E-state index >= 15 is 0 Å². The van der Waals surface area contributed by atoms with Gasteiger partial charge in [0.15, 0.2) is 6.29 Å². The van der Waals surface area contributed by atoms with Gasteiger partial charge in [-0.05, 0) is 17.3 Å². The Kier molecular flexibility index (Phi) is 3.27. The van der Waals surface area contributed by atoms with E-state index in [0.29, 0.717) is 11.5 Å². The Bertz CT molecular complexity index is 196. The van der Waals surface area contributed by atoms with E-state index < -0.39 is 0 Å². The molecular weight excluding hydrogens is 176 g/mol. The highest BCUT2D eigenvalue weighted by Gasteiger charge is 2.51. The third-order valence-corrected chi connectivity index (χ3v) is 3.35. The molecule has 0 amide bonds. The predicted octanol–water partition coefficient (Wildman–Crippen LogP) is 3.21. The minimum Gasteiger partial charge on any atom is -0.353 e. The molecule has 0 bridgehead atoms. The van der Waals surface area contributed by atoms with Crippen LogP contribution in [-0.4, -0.2) is 19.5 Å². The van der Waals surface area contributed by atoms with E-state index in [1.807, 2.05) is 0 Å². The Morgan fingerprint density at radius 1 is 1.21 bits per heavy atom. The summed E-state index contributed by atoms with van der Waals surface area (Å²) in [6.45, 7) is 11.4. The van der Waals surface area contributed by atoms with Crippen molar-refractivity contribution in [1.82, 2.24) is 0 Å². The number of hydrogen-bond acceptors (Lipinski definition) is 2. The van der Waals surface area contributed by atoms with Crippen molar-refractivity contribution < 1.29 is 9.47 Å². The van der Waals surface area contributed by atoms with Gasteiger partial charge in [-0.1, -0.05) is 41.0 Å². The second-order valence-electron chi connectivity index (χ2n) is 5.84. The van der Waals surface area contributed by atoms with Gasteiger partial charge in [-0.2, -0.15) is 0 Å². The first-order valence-electron chi connectivity index (χ1n) is 5.51. The molecule has 1 heterocycles. The lowest BCUT2D eigenvalue weighted by Crippen LogP contribution is -2.28. The molecule has 2 unspecified atom stereocenters. The van der Waals surface area contributed by atoms with Crippen LogP contribution in [-0.2, 0) is 9.47 Å². The number of rotatable bonds is 5. The van der Waals surface area contributed by atoms with Gasteiger partial charge in [0, 0.05) is 7.11 Å². The number of epoxide rings is 1. The van der Waals surface area contributed by atoms with Crippen molar-refractivity contribution >= 4 is 0 Å². The van der Waals surface area contributed by atoms with E-state index in [-0.39, 0.29) is 11.7 Å². The van der Waals surface area contributed by atoms with Crippen molar-refractivity contribution in [3.63, 3.8) is 0 Å². The molecule has 2 atom stereocenters. The Balaban J connectivity index is 2.50. The van der Waals surface area contributed by atoms with Gasteiger partial charge in [0.1, 0.15) is 6.10 Å². The van der Waals surface area contributed by atoms with Crippen molar-refractivity contribution in [1.29, 1.82) is 0 Å². The van der Waals surface area contributed by atoms with Crippen LogP contribution in [0.3, 0.4) is 0 Å². The second-order valence-corrected chi connectivity index (χ2v) is 5.84. The Hall–Kier alpha value is -0.0800. The van der Waals surface area contributed by atoms with E-state index in [1.165, 1.54) is 12.8 Å². The molecule has 0 aromatic heterocycles. The first-order chi connectivity index (χ1) is 6.32. The fourth-order valence-corrected chi connectivity index (χ4v) is 2.29. The third kappa shape index (κ3) is 2.71. The molecule has 1 aliphatic rings. The van der Waals surface area contributed by atoms with Crippen molar-refractivity contribution in [2.24, 2.45) is 10.8 Å². The van der Waals surface area contributed by atoms with Gasteiger partial charge in [-0.15, -0.1) is 0 Å². The van der Waals surface area contributed by atoms with Crippen LogP contribution < -0.4 is 0 Å². The fourth-order valence-electron chi connectivity index (χ4n) is 2.29. The lowest BCUT2D eigenvalue weighted by Gasteiger charge is -2.33. The topological polar surface area (TPSA) is 21.8 Å². The number of hydrogen-bond donors (Lipinski definition) is 0. The molecule has 0 aromatic carbocycles. The second kappa shape index (κ2) is 3.82. The van der Waals surface area contributed by atoms with Gasteiger partial charge >= 0.3 is 0 Å². The van der Waals surface area contributed by atoms with E-state index in [4.69, 9.17) is 9.47 Å². The van der Waals surface area contributed by atoms with Gasteiger partial charge in [0.25, 0.3) is 0 Å². The molecular formula is C12H24O2. The van der Waals surface area contributed by atoms with Gasteiger partial charge in [0.2, 0.25) is 0 Å². The summed E-state index contributed by atoms with van der Waals surface area (Å²) in [6, 6.07) is 0. The Morgan fingerprint density at radius 3 is 2.14 bits per heavy atom. The number of methoxy groups -OCH3 is 1. The summed E-state index contributed by atoms with van der Waals surface area (Å²) >= 11 is 0. The normalized spacial score (nSPS) is 27.9. The smallest absolute Gasteiger partial charge is 0.184 e. The lowest BCUT2D eigenvalue weighted by atomic mass is 9.72. The molecule has 0 spiro atoms. The highest BCUT2D eigenvalue weighted by atomic mass is 16.8. The molecule has 1 rings (SSSR count). The van der Waals surface area contributed by atoms with Gasteiger partial charge < -0.3 is 9.47 Å². The average molecular weight is 200 g/mol. The molecule has 0 N–H and O–H groups in total. The van der Waals surface area contributed by atoms with Crippen molar-refractivity contribution in [2.45, 2.75) is 59.9 Å². The van der Waals surface area contributed by atoms with Crippen molar-refractivity contribution in [3.05, 3.63) is 0 Å². The maximum Gasteiger partial charge on any atom is 0.184 e. The first-order valence-corrected chi connectivity index (χ1v) is 5.51. The maximum absolute atomic E-state index is 5.50. The standard InChI is InChI=1S/C12H24O2/c1-7-11(2,3)8-12(4,5)9-10(13-6)14-9/h9-10H,7-8H2,1-6H3. The third-order valence-electron chi connectivity index (χ3n) is 3.35. The largest absolute Gasteiger partial charge is 0.353 e. The van der Waals surface area contributed by atoms with E-state index in [0.717, 1.165) is 0 Å². The molecule has 1 aliphatic heterocycles. The van der Waals surface area contributed by atoms with Crippen LogP contribution in [0.25, 0.3) is 0 Å². The zero-order chi connectivity index (χ0) is 11.0. The van der Waals surface area contributed by atoms with Crippen LogP contribution in [0.5, 0.6) is 0 Å². The molecule has 1 saturated heterocycles. The highest BCUT2D eigenvalue weighted by Crippen LogP contribution is 2.46. The van der Waals surface area contributed by atoms with Gasteiger partial charge in [0.05, 0.1) is 0 Å². The first kappa shape index (κ1) is 12.0. The molecule has 84 valence electrons. The zero-order valence-corrected chi connectivity index (χ0v) is 10.4. The summed E-state index contributed by atoms with van der Waals surface area (Å²) in [5, 5.41) is 0. The van der Waals surface area contributed by atoms with Crippen LogP contribution in [0, 0.1) is 10.8 Å². The summed E-state index contributed by atoms with van der Waals surface area (Å²) in [7, 11) is 1.71. The van der Waals surface area contributed by atoms with Crippen molar-refractivity contribution in [2.75, 3.05) is 7.11 Å². The minimum atomic E-state index is 0.0395. The SMILES string of the molecule is CCC(C)(C)CC(C)(C)C1OC1OC. The van der Waals surface area contributed by atoms with E-state index in [1.54, 1.807) is 7.11 Å². The van der Waals surface area contributed by atoms with E-state index in [2.05, 4.69) is 34.6 Å². The van der Waals surface area contributed by atoms with Crippen LogP contribution >= 0.6 is 0 Å². The Morgan fingerprint density at radius 2 is 1.79 bits per heavy atom. The molecule has 2 nitrogen and oxygen atoms in total. The van der Waals surface area contributed by atoms with E-state index in [9.17, 15) is 0 Å². The lowest BCUT2D eigenvalue weighted by molar-refractivity contribution is 0.0949. The van der Waals surface area contributed by atoms with Gasteiger partial charge in [-0.25, -0.2) is 0 Å². The molecule has 2 heteroatoms. The predicted molar refractivity (Wildman–Crippen MR) is 58.1 cm³/mol. The number of ether oxygens (including phenoxy) is 2. The van der Waals surface area contributed by atoms with Crippen LogP contribution in [0.2, 0.25) is 0 Å². The summed E-state index contributed by atoms with van der Waals surface area (Å²) in [5.41, 5.74) is 0.619. The summed E-state index contributed by atoms with van der Waals surface area (Å²) < 4.78 is 10.7. The van der Waals surface area contributed by atoms with Crippen LogP contribution in [0.1, 0.15) is 47.5 Å². The highest BCUT2D eigenvalue weighted by molar-refractivity contribution is 4.93. The monoisotopic (exact) mass is 200 g/mol. The summed E-state index contributed by atoms with van der Waals surface area (Å²) in [5.74, 6) is 0. The van der Waals surface area contributed by atoms with Crippen LogP contribution in [0.15, 0.2) is 0 Å². The molecule has 0 saturated carbocycles. The molecule has 0 aliphatic carbocycles. The summed E-state index contributed by atoms with van der Waals surface area (Å²) in [4.78, 5) is 0. The Labute approximate surface area is 88.0 Å². The van der Waals surface area contributed by atoms with Crippen molar-refractivity contribution in [3.8, 4) is 0 Å². The molecule has 0 aromatic rings. The molecule has 0 radical (unpaired) electrons. The summed E-state index contributed by atoms with van der Waals surface area (Å²) in [6.07, 6.45) is 2.72. The van der Waals surface area contributed by atoms with Crippen LogP contribution in [0.4, 0.5) is 0 Å². The fraction of sp³-hybridized carbons (Fsp3) is 1.00. The minimum absolute atomic E-state index is 0.0395.